The van der Waals surface area contributed by atoms with Gasteiger partial charge in [0.2, 0.25) is 0 Å². The standard InChI is InChI=1S/C9H12N4O/c1-2-14-6-8-5-9(11-4-3-10)13-7-12-8/h5,7H,2,4,6H2,1H3,(H,11,12,13). The molecule has 0 fully saturated rings. The molecule has 0 aliphatic rings. The van der Waals surface area contributed by atoms with E-state index in [0.717, 1.165) is 5.69 Å². The van der Waals surface area contributed by atoms with Gasteiger partial charge in [-0.15, -0.1) is 0 Å². The van der Waals surface area contributed by atoms with Gasteiger partial charge in [-0.1, -0.05) is 0 Å². The molecule has 0 amide bonds. The number of nitrogens with one attached hydrogen (secondary N) is 1. The zero-order chi connectivity index (χ0) is 10.2. The molecular weight excluding hydrogens is 180 g/mol. The predicted octanol–water partition coefficient (Wildman–Crippen LogP) is 0.949. The van der Waals surface area contributed by atoms with Crippen LogP contribution >= 0.6 is 0 Å². The summed E-state index contributed by atoms with van der Waals surface area (Å²) in [6.07, 6.45) is 1.45. The number of aromatic nitrogens is 2. The summed E-state index contributed by atoms with van der Waals surface area (Å²) in [7, 11) is 0. The Morgan fingerprint density at radius 1 is 1.57 bits per heavy atom. The molecule has 1 aromatic heterocycles. The van der Waals surface area contributed by atoms with Crippen LogP contribution in [0, 0.1) is 11.3 Å². The van der Waals surface area contributed by atoms with Gasteiger partial charge in [0.1, 0.15) is 18.7 Å². The first kappa shape index (κ1) is 10.4. The van der Waals surface area contributed by atoms with Gasteiger partial charge >= 0.3 is 0 Å². The number of hydrogen-bond donors (Lipinski definition) is 1. The van der Waals surface area contributed by atoms with Gasteiger partial charge < -0.3 is 10.1 Å². The fourth-order valence-corrected chi connectivity index (χ4v) is 0.910. The average molecular weight is 192 g/mol. The number of ether oxygens (including phenoxy) is 1. The summed E-state index contributed by atoms with van der Waals surface area (Å²) in [5.74, 6) is 0.649. The first-order valence-electron chi connectivity index (χ1n) is 4.36. The largest absolute Gasteiger partial charge is 0.375 e. The van der Waals surface area contributed by atoms with Crippen LogP contribution in [0.3, 0.4) is 0 Å². The lowest BCUT2D eigenvalue weighted by Crippen LogP contribution is -2.03. The predicted molar refractivity (Wildman–Crippen MR) is 51.5 cm³/mol. The fraction of sp³-hybridized carbons (Fsp3) is 0.444. The number of hydrogen-bond acceptors (Lipinski definition) is 5. The van der Waals surface area contributed by atoms with Gasteiger partial charge in [0.25, 0.3) is 0 Å². The minimum absolute atomic E-state index is 0.241. The van der Waals surface area contributed by atoms with Crippen molar-refractivity contribution >= 4 is 5.82 Å². The van der Waals surface area contributed by atoms with Crippen LogP contribution in [0.4, 0.5) is 5.82 Å². The summed E-state index contributed by atoms with van der Waals surface area (Å²) in [5, 5.41) is 11.2. The monoisotopic (exact) mass is 192 g/mol. The highest BCUT2D eigenvalue weighted by Crippen LogP contribution is 2.04. The second kappa shape index (κ2) is 5.89. The quantitative estimate of drug-likeness (QED) is 0.703. The summed E-state index contributed by atoms with van der Waals surface area (Å²) in [5.41, 5.74) is 0.808. The number of anilines is 1. The Balaban J connectivity index is 2.55. The van der Waals surface area contributed by atoms with Crippen LogP contribution in [-0.4, -0.2) is 23.1 Å². The molecular formula is C9H12N4O. The fourth-order valence-electron chi connectivity index (χ4n) is 0.910. The Morgan fingerprint density at radius 2 is 2.43 bits per heavy atom. The van der Waals surface area contributed by atoms with E-state index >= 15 is 0 Å². The van der Waals surface area contributed by atoms with Crippen LogP contribution < -0.4 is 5.32 Å². The molecule has 0 atom stereocenters. The normalized spacial score (nSPS) is 9.43. The van der Waals surface area contributed by atoms with E-state index in [1.165, 1.54) is 6.33 Å². The molecule has 5 heteroatoms. The van der Waals surface area contributed by atoms with Gasteiger partial charge in [0, 0.05) is 12.7 Å². The molecule has 0 spiro atoms. The third kappa shape index (κ3) is 3.37. The maximum absolute atomic E-state index is 8.36. The Hall–Kier alpha value is -1.67. The highest BCUT2D eigenvalue weighted by Gasteiger charge is 1.97. The zero-order valence-corrected chi connectivity index (χ0v) is 8.03. The van der Waals surface area contributed by atoms with Crippen molar-refractivity contribution in [2.45, 2.75) is 13.5 Å². The van der Waals surface area contributed by atoms with Crippen LogP contribution in [0.25, 0.3) is 0 Å². The van der Waals surface area contributed by atoms with Gasteiger partial charge in [-0.25, -0.2) is 9.97 Å². The molecule has 0 unspecified atom stereocenters. The minimum atomic E-state index is 0.241. The summed E-state index contributed by atoms with van der Waals surface area (Å²) in [6, 6.07) is 3.75. The summed E-state index contributed by atoms with van der Waals surface area (Å²) >= 11 is 0. The van der Waals surface area contributed by atoms with Gasteiger partial charge in [0.15, 0.2) is 0 Å². The minimum Gasteiger partial charge on any atom is -0.375 e. The molecule has 0 saturated carbocycles. The van der Waals surface area contributed by atoms with Crippen molar-refractivity contribution in [1.82, 2.24) is 9.97 Å². The molecule has 1 aromatic rings. The smallest absolute Gasteiger partial charge is 0.130 e. The second-order valence-electron chi connectivity index (χ2n) is 2.54. The van der Waals surface area contributed by atoms with Crippen molar-refractivity contribution in [2.75, 3.05) is 18.5 Å². The average Bonchev–Trinajstić information content (AvgIpc) is 2.24. The molecule has 5 nitrogen and oxygen atoms in total. The van der Waals surface area contributed by atoms with Crippen LogP contribution in [0.2, 0.25) is 0 Å². The van der Waals surface area contributed by atoms with Gasteiger partial charge in [0.05, 0.1) is 18.4 Å². The molecule has 1 N–H and O–H groups in total. The molecule has 1 heterocycles. The summed E-state index contributed by atoms with van der Waals surface area (Å²) in [6.45, 7) is 3.30. The Kier molecular flexibility index (Phi) is 4.38. The lowest BCUT2D eigenvalue weighted by atomic mass is 10.4. The lowest BCUT2D eigenvalue weighted by Gasteiger charge is -2.03. The van der Waals surface area contributed by atoms with Crippen LogP contribution in [-0.2, 0) is 11.3 Å². The Bertz CT molecular complexity index is 321. The molecule has 0 saturated heterocycles. The molecule has 1 rings (SSSR count). The molecule has 0 bridgehead atoms. The van der Waals surface area contributed by atoms with Crippen molar-refractivity contribution in [2.24, 2.45) is 0 Å². The number of nitrogens with zero attached hydrogens (tertiary/aromatic N) is 3. The van der Waals surface area contributed by atoms with E-state index in [9.17, 15) is 0 Å². The van der Waals surface area contributed by atoms with E-state index < -0.39 is 0 Å². The van der Waals surface area contributed by atoms with Crippen LogP contribution in [0.1, 0.15) is 12.6 Å². The number of nitriles is 1. The van der Waals surface area contributed by atoms with E-state index in [0.29, 0.717) is 19.0 Å². The van der Waals surface area contributed by atoms with E-state index in [4.69, 9.17) is 10.00 Å². The van der Waals surface area contributed by atoms with Crippen molar-refractivity contribution in [1.29, 1.82) is 5.26 Å². The Labute approximate surface area is 82.8 Å². The third-order valence-electron chi connectivity index (χ3n) is 1.53. The van der Waals surface area contributed by atoms with E-state index in [1.54, 1.807) is 6.07 Å². The molecule has 74 valence electrons. The highest BCUT2D eigenvalue weighted by molar-refractivity contribution is 5.35. The molecule has 0 radical (unpaired) electrons. The molecule has 0 aliphatic carbocycles. The van der Waals surface area contributed by atoms with Crippen molar-refractivity contribution < 1.29 is 4.74 Å². The maximum Gasteiger partial charge on any atom is 0.130 e. The number of rotatable bonds is 5. The first-order valence-corrected chi connectivity index (χ1v) is 4.36. The van der Waals surface area contributed by atoms with Crippen LogP contribution in [0.15, 0.2) is 12.4 Å². The van der Waals surface area contributed by atoms with Gasteiger partial charge in [-0.05, 0) is 6.92 Å². The van der Waals surface area contributed by atoms with Crippen molar-refractivity contribution in [3.8, 4) is 6.07 Å². The van der Waals surface area contributed by atoms with Gasteiger partial charge in [-0.2, -0.15) is 5.26 Å². The first-order chi connectivity index (χ1) is 6.86. The molecule has 14 heavy (non-hydrogen) atoms. The van der Waals surface area contributed by atoms with Gasteiger partial charge in [-0.3, -0.25) is 0 Å². The third-order valence-corrected chi connectivity index (χ3v) is 1.53. The SMILES string of the molecule is CCOCc1cc(NCC#N)ncn1. The van der Waals surface area contributed by atoms with E-state index in [1.807, 2.05) is 13.0 Å². The van der Waals surface area contributed by atoms with Crippen molar-refractivity contribution in [3.63, 3.8) is 0 Å². The van der Waals surface area contributed by atoms with E-state index in [2.05, 4.69) is 15.3 Å². The maximum atomic E-state index is 8.36. The van der Waals surface area contributed by atoms with E-state index in [-0.39, 0.29) is 6.54 Å². The molecule has 0 aliphatic heterocycles. The summed E-state index contributed by atoms with van der Waals surface area (Å²) < 4.78 is 5.20. The Morgan fingerprint density at radius 3 is 3.14 bits per heavy atom. The van der Waals surface area contributed by atoms with Crippen molar-refractivity contribution in [3.05, 3.63) is 18.1 Å². The second-order valence-corrected chi connectivity index (χ2v) is 2.54. The summed E-state index contributed by atoms with van der Waals surface area (Å²) in [4.78, 5) is 7.98. The topological polar surface area (TPSA) is 70.8 Å². The molecule has 0 aromatic carbocycles. The highest BCUT2D eigenvalue weighted by atomic mass is 16.5. The zero-order valence-electron chi connectivity index (χ0n) is 8.03. The lowest BCUT2D eigenvalue weighted by molar-refractivity contribution is 0.131. The van der Waals surface area contributed by atoms with Crippen LogP contribution in [0.5, 0.6) is 0 Å².